The van der Waals surface area contributed by atoms with Crippen LogP contribution in [0.2, 0.25) is 0 Å². The summed E-state index contributed by atoms with van der Waals surface area (Å²) in [5.41, 5.74) is 1.59. The van der Waals surface area contributed by atoms with Gasteiger partial charge in [0, 0.05) is 26.7 Å². The summed E-state index contributed by atoms with van der Waals surface area (Å²) in [7, 11) is 1.81. The number of rotatable bonds is 3. The highest BCUT2D eigenvalue weighted by atomic mass is 16.3. The molecule has 1 aliphatic heterocycles. The smallest absolute Gasteiger partial charge is 0.272 e. The van der Waals surface area contributed by atoms with Crippen LogP contribution in [0.15, 0.2) is 6.07 Å². The molecule has 0 saturated carbocycles. The van der Waals surface area contributed by atoms with Crippen LogP contribution in [0.25, 0.3) is 0 Å². The Morgan fingerprint density at radius 3 is 2.89 bits per heavy atom. The zero-order valence-corrected chi connectivity index (χ0v) is 12.0. The van der Waals surface area contributed by atoms with Crippen molar-refractivity contribution in [1.29, 1.82) is 0 Å². The summed E-state index contributed by atoms with van der Waals surface area (Å²) in [6.45, 7) is 5.72. The maximum atomic E-state index is 12.5. The summed E-state index contributed by atoms with van der Waals surface area (Å²) in [6.07, 6.45) is 1.97. The number of nitrogens with zero attached hydrogens (tertiary/aromatic N) is 3. The van der Waals surface area contributed by atoms with Gasteiger partial charge in [0.05, 0.1) is 5.69 Å². The average molecular weight is 265 g/mol. The Morgan fingerprint density at radius 2 is 2.32 bits per heavy atom. The molecule has 1 fully saturated rings. The molecule has 1 N–H and O–H groups in total. The van der Waals surface area contributed by atoms with E-state index in [0.29, 0.717) is 18.2 Å². The van der Waals surface area contributed by atoms with Crippen LogP contribution in [-0.4, -0.2) is 45.4 Å². The number of aliphatic hydroxyl groups is 1. The molecule has 0 spiro atoms. The van der Waals surface area contributed by atoms with Crippen molar-refractivity contribution in [3.05, 3.63) is 17.5 Å². The van der Waals surface area contributed by atoms with Gasteiger partial charge in [-0.15, -0.1) is 0 Å². The molecule has 19 heavy (non-hydrogen) atoms. The first-order valence-corrected chi connectivity index (χ1v) is 6.97. The van der Waals surface area contributed by atoms with E-state index in [9.17, 15) is 9.90 Å². The summed E-state index contributed by atoms with van der Waals surface area (Å²) in [5.74, 6) is 0.565. The van der Waals surface area contributed by atoms with E-state index in [1.165, 1.54) is 0 Å². The molecular weight excluding hydrogens is 242 g/mol. The number of aromatic nitrogens is 2. The molecule has 0 bridgehead atoms. The highest BCUT2D eigenvalue weighted by Crippen LogP contribution is 2.20. The molecule has 1 amide bonds. The second kappa shape index (κ2) is 5.74. The van der Waals surface area contributed by atoms with Gasteiger partial charge in [0.15, 0.2) is 0 Å². The van der Waals surface area contributed by atoms with E-state index in [0.717, 1.165) is 25.1 Å². The Bertz CT molecular complexity index is 454. The quantitative estimate of drug-likeness (QED) is 0.898. The third-order valence-electron chi connectivity index (χ3n) is 3.77. The average Bonchev–Trinajstić information content (AvgIpc) is 2.80. The van der Waals surface area contributed by atoms with Crippen molar-refractivity contribution in [3.63, 3.8) is 0 Å². The Balaban J connectivity index is 2.14. The van der Waals surface area contributed by atoms with Gasteiger partial charge in [-0.3, -0.25) is 9.48 Å². The third-order valence-corrected chi connectivity index (χ3v) is 3.77. The molecule has 1 aliphatic rings. The lowest BCUT2D eigenvalue weighted by Gasteiger charge is -2.31. The predicted molar refractivity (Wildman–Crippen MR) is 73.0 cm³/mol. The van der Waals surface area contributed by atoms with Gasteiger partial charge in [-0.2, -0.15) is 5.10 Å². The summed E-state index contributed by atoms with van der Waals surface area (Å²) >= 11 is 0. The molecule has 0 aliphatic carbocycles. The Labute approximate surface area is 114 Å². The van der Waals surface area contributed by atoms with E-state index in [-0.39, 0.29) is 18.4 Å². The van der Waals surface area contributed by atoms with Gasteiger partial charge in [0.25, 0.3) is 5.91 Å². The highest BCUT2D eigenvalue weighted by Gasteiger charge is 2.26. The zero-order valence-electron chi connectivity index (χ0n) is 12.0. The number of aryl methyl sites for hydroxylation is 1. The van der Waals surface area contributed by atoms with Gasteiger partial charge in [0.2, 0.25) is 0 Å². The van der Waals surface area contributed by atoms with Gasteiger partial charge in [-0.25, -0.2) is 0 Å². The molecule has 1 saturated heterocycles. The molecule has 0 radical (unpaired) electrons. The molecule has 2 rings (SSSR count). The fraction of sp³-hybridized carbons (Fsp3) is 0.714. The minimum Gasteiger partial charge on any atom is -0.396 e. The van der Waals surface area contributed by atoms with E-state index in [4.69, 9.17) is 0 Å². The van der Waals surface area contributed by atoms with E-state index in [1.54, 1.807) is 4.68 Å². The maximum Gasteiger partial charge on any atom is 0.272 e. The fourth-order valence-corrected chi connectivity index (χ4v) is 2.53. The minimum atomic E-state index is 0.0278. The van der Waals surface area contributed by atoms with Crippen LogP contribution in [0.5, 0.6) is 0 Å². The van der Waals surface area contributed by atoms with Crippen LogP contribution < -0.4 is 0 Å². The first kappa shape index (κ1) is 14.1. The van der Waals surface area contributed by atoms with Crippen molar-refractivity contribution in [3.8, 4) is 0 Å². The Kier molecular flexibility index (Phi) is 4.24. The first-order chi connectivity index (χ1) is 9.02. The predicted octanol–water partition coefficient (Wildman–Crippen LogP) is 1.39. The maximum absolute atomic E-state index is 12.5. The minimum absolute atomic E-state index is 0.0278. The van der Waals surface area contributed by atoms with E-state index < -0.39 is 0 Å². The Morgan fingerprint density at radius 1 is 1.58 bits per heavy atom. The van der Waals surface area contributed by atoms with Crippen molar-refractivity contribution < 1.29 is 9.90 Å². The van der Waals surface area contributed by atoms with Gasteiger partial charge in [0.1, 0.15) is 5.69 Å². The molecule has 2 heterocycles. The fourth-order valence-electron chi connectivity index (χ4n) is 2.53. The molecule has 1 aromatic rings. The molecule has 1 unspecified atom stereocenters. The number of carbonyl (C=O) groups excluding carboxylic acids is 1. The van der Waals surface area contributed by atoms with Crippen LogP contribution in [0.3, 0.4) is 0 Å². The standard InChI is InChI=1S/C14H23N3O2/c1-10(2)12-7-13(16(3)15-12)14(19)17-6-4-5-11(8-17)9-18/h7,10-11,18H,4-6,8-9H2,1-3H3. The van der Waals surface area contributed by atoms with Gasteiger partial charge >= 0.3 is 0 Å². The number of aliphatic hydroxyl groups excluding tert-OH is 1. The van der Waals surface area contributed by atoms with Crippen molar-refractivity contribution >= 4 is 5.91 Å². The largest absolute Gasteiger partial charge is 0.396 e. The molecule has 5 heteroatoms. The molecule has 106 valence electrons. The topological polar surface area (TPSA) is 58.4 Å². The van der Waals surface area contributed by atoms with Crippen LogP contribution in [0.1, 0.15) is 48.8 Å². The van der Waals surface area contributed by atoms with Crippen LogP contribution in [0, 0.1) is 5.92 Å². The van der Waals surface area contributed by atoms with Crippen LogP contribution in [-0.2, 0) is 7.05 Å². The van der Waals surface area contributed by atoms with Gasteiger partial charge < -0.3 is 10.0 Å². The van der Waals surface area contributed by atoms with E-state index in [2.05, 4.69) is 18.9 Å². The first-order valence-electron chi connectivity index (χ1n) is 6.97. The lowest BCUT2D eigenvalue weighted by atomic mass is 9.99. The number of hydrogen-bond acceptors (Lipinski definition) is 3. The van der Waals surface area contributed by atoms with Crippen molar-refractivity contribution in [2.75, 3.05) is 19.7 Å². The molecule has 1 aromatic heterocycles. The highest BCUT2D eigenvalue weighted by molar-refractivity contribution is 5.92. The van der Waals surface area contributed by atoms with Crippen molar-refractivity contribution in [1.82, 2.24) is 14.7 Å². The monoisotopic (exact) mass is 265 g/mol. The lowest BCUT2D eigenvalue weighted by molar-refractivity contribution is 0.0610. The van der Waals surface area contributed by atoms with Crippen LogP contribution in [0.4, 0.5) is 0 Å². The Hall–Kier alpha value is -1.36. The van der Waals surface area contributed by atoms with E-state index in [1.807, 2.05) is 18.0 Å². The van der Waals surface area contributed by atoms with Gasteiger partial charge in [-0.1, -0.05) is 13.8 Å². The summed E-state index contributed by atoms with van der Waals surface area (Å²) in [4.78, 5) is 14.3. The molecular formula is C14H23N3O2. The number of likely N-dealkylation sites (tertiary alicyclic amines) is 1. The van der Waals surface area contributed by atoms with E-state index >= 15 is 0 Å². The second-order valence-corrected chi connectivity index (χ2v) is 5.67. The van der Waals surface area contributed by atoms with Crippen molar-refractivity contribution in [2.24, 2.45) is 13.0 Å². The number of carbonyl (C=O) groups is 1. The summed E-state index contributed by atoms with van der Waals surface area (Å²) in [6, 6.07) is 1.88. The van der Waals surface area contributed by atoms with Gasteiger partial charge in [-0.05, 0) is 30.7 Å². The number of amides is 1. The molecule has 5 nitrogen and oxygen atoms in total. The van der Waals surface area contributed by atoms with Crippen molar-refractivity contribution in [2.45, 2.75) is 32.6 Å². The third kappa shape index (κ3) is 2.97. The summed E-state index contributed by atoms with van der Waals surface area (Å²) in [5, 5.41) is 13.6. The SMILES string of the molecule is CC(C)c1cc(C(=O)N2CCCC(CO)C2)n(C)n1. The summed E-state index contributed by atoms with van der Waals surface area (Å²) < 4.78 is 1.67. The number of piperidine rings is 1. The number of hydrogen-bond donors (Lipinski definition) is 1. The zero-order chi connectivity index (χ0) is 14.0. The molecule has 0 aromatic carbocycles. The van der Waals surface area contributed by atoms with Crippen LogP contribution >= 0.6 is 0 Å². The normalized spacial score (nSPS) is 20.1. The lowest BCUT2D eigenvalue weighted by Crippen LogP contribution is -2.41. The second-order valence-electron chi connectivity index (χ2n) is 5.67. The molecule has 1 atom stereocenters.